The molecular formula is C60H67Cl5N6O6. The molecule has 3 aliphatic rings. The summed E-state index contributed by atoms with van der Waals surface area (Å²) < 4.78 is 17.2. The monoisotopic (exact) mass is 1140 g/mol. The predicted molar refractivity (Wildman–Crippen MR) is 307 cm³/mol. The van der Waals surface area contributed by atoms with E-state index >= 15 is 0 Å². The Bertz CT molecular complexity index is 2930. The van der Waals surface area contributed by atoms with Gasteiger partial charge in [0, 0.05) is 29.7 Å². The van der Waals surface area contributed by atoms with E-state index in [0.29, 0.717) is 76.5 Å². The van der Waals surface area contributed by atoms with Crippen LogP contribution < -0.4 is 24.8 Å². The molecule has 1 atom stereocenters. The Kier molecular flexibility index (Phi) is 22.5. The van der Waals surface area contributed by atoms with Gasteiger partial charge in [-0.2, -0.15) is 0 Å². The second kappa shape index (κ2) is 29.4. The average molecular weight is 1150 g/mol. The average Bonchev–Trinajstić information content (AvgIpc) is 3.42. The third-order valence-corrected chi connectivity index (χ3v) is 15.1. The van der Waals surface area contributed by atoms with Crippen LogP contribution in [0, 0.1) is 19.8 Å². The number of likely N-dealkylation sites (tertiary alicyclic amines) is 1. The lowest BCUT2D eigenvalue weighted by Crippen LogP contribution is -2.42. The minimum atomic E-state index is -0.111. The number of amides is 3. The van der Waals surface area contributed by atoms with Crippen LogP contribution in [0.25, 0.3) is 0 Å². The van der Waals surface area contributed by atoms with Gasteiger partial charge in [0.25, 0.3) is 17.7 Å². The van der Waals surface area contributed by atoms with Crippen molar-refractivity contribution >= 4 is 75.7 Å². The molecule has 3 amide bonds. The molecule has 1 unspecified atom stereocenters. The Balaban J connectivity index is 0.000000168. The molecule has 1 aliphatic heterocycles. The fourth-order valence-corrected chi connectivity index (χ4v) is 10.8. The summed E-state index contributed by atoms with van der Waals surface area (Å²) in [6, 6.07) is 31.4. The van der Waals surface area contributed by atoms with E-state index in [1.54, 1.807) is 42.5 Å². The molecule has 0 bridgehead atoms. The van der Waals surface area contributed by atoms with E-state index in [0.717, 1.165) is 68.5 Å². The lowest BCUT2D eigenvalue weighted by atomic mass is 9.87. The Morgan fingerprint density at radius 2 is 0.974 bits per heavy atom. The van der Waals surface area contributed by atoms with E-state index in [1.807, 2.05) is 79.4 Å². The van der Waals surface area contributed by atoms with E-state index < -0.39 is 0 Å². The smallest absolute Gasteiger partial charge is 0.272 e. The second-order valence-corrected chi connectivity index (χ2v) is 22.1. The molecule has 0 spiro atoms. The zero-order valence-corrected chi connectivity index (χ0v) is 47.8. The Morgan fingerprint density at radius 1 is 0.519 bits per heavy atom. The number of benzene rings is 3. The summed E-state index contributed by atoms with van der Waals surface area (Å²) in [7, 11) is 0. The first-order chi connectivity index (χ1) is 37.1. The van der Waals surface area contributed by atoms with Crippen LogP contribution in [0.2, 0.25) is 25.1 Å². The lowest BCUT2D eigenvalue weighted by molar-refractivity contribution is 0.0628. The number of aromatic nitrogens is 3. The SMILES string of the molecule is CC1CCCCN1C(=O)c1cccc(COc2c(Cl)cc(Cl)cc2Cl)n1.Cc1ccc(OCc2cccc(C(=O)NC3CCC(C)CC3)n2)c(Cl)c1.Cc1ccc(OCc2cccc(C(=O)NC3CCCCC3)n2)c(Cl)c1. The largest absolute Gasteiger partial charge is 0.486 e. The number of nitrogens with zero attached hydrogens (tertiary/aromatic N) is 4. The first kappa shape index (κ1) is 59.0. The van der Waals surface area contributed by atoms with Gasteiger partial charge in [0.2, 0.25) is 0 Å². The molecule has 2 aliphatic carbocycles. The number of carbonyl (C=O) groups is 3. The predicted octanol–water partition coefficient (Wildman–Crippen LogP) is 15.3. The summed E-state index contributed by atoms with van der Waals surface area (Å²) in [6.07, 6.45) is 13.4. The number of carbonyl (C=O) groups excluding carboxylic acids is 3. The molecule has 2 N–H and O–H groups in total. The van der Waals surface area contributed by atoms with Crippen molar-refractivity contribution < 1.29 is 28.6 Å². The minimum absolute atomic E-state index is 0.0402. The van der Waals surface area contributed by atoms with Gasteiger partial charge < -0.3 is 29.7 Å². The van der Waals surface area contributed by atoms with Gasteiger partial charge >= 0.3 is 0 Å². The molecule has 0 radical (unpaired) electrons. The normalized spacial score (nSPS) is 17.4. The van der Waals surface area contributed by atoms with Crippen LogP contribution >= 0.6 is 58.0 Å². The molecule has 17 heteroatoms. The molecule has 3 aromatic carbocycles. The zero-order valence-electron chi connectivity index (χ0n) is 44.1. The maximum Gasteiger partial charge on any atom is 0.272 e. The van der Waals surface area contributed by atoms with Gasteiger partial charge in [0.15, 0.2) is 5.75 Å². The summed E-state index contributed by atoms with van der Waals surface area (Å²) in [6.45, 7) is 9.77. The quantitative estimate of drug-likeness (QED) is 0.109. The number of halogens is 5. The van der Waals surface area contributed by atoms with Crippen LogP contribution in [0.4, 0.5) is 0 Å². The van der Waals surface area contributed by atoms with E-state index in [-0.39, 0.29) is 55.7 Å². The van der Waals surface area contributed by atoms with Gasteiger partial charge in [-0.25, -0.2) is 15.0 Å². The number of pyridine rings is 3. The Hall–Kier alpha value is -5.63. The van der Waals surface area contributed by atoms with Crippen molar-refractivity contribution in [1.29, 1.82) is 0 Å². The molecule has 1 saturated heterocycles. The highest BCUT2D eigenvalue weighted by atomic mass is 35.5. The first-order valence-corrected chi connectivity index (χ1v) is 28.3. The maximum atomic E-state index is 12.7. The molecular weight excluding hydrogens is 1080 g/mol. The van der Waals surface area contributed by atoms with Crippen molar-refractivity contribution in [3.05, 3.63) is 174 Å². The maximum absolute atomic E-state index is 12.7. The molecule has 3 aromatic heterocycles. The van der Waals surface area contributed by atoms with Crippen molar-refractivity contribution in [2.24, 2.45) is 5.92 Å². The highest BCUT2D eigenvalue weighted by molar-refractivity contribution is 6.40. The molecule has 12 nitrogen and oxygen atoms in total. The number of rotatable bonds is 14. The number of piperidine rings is 1. The molecule has 3 fully saturated rings. The first-order valence-electron chi connectivity index (χ1n) is 26.4. The van der Waals surface area contributed by atoms with Gasteiger partial charge in [0.1, 0.15) is 48.4 Å². The number of hydrogen-bond donors (Lipinski definition) is 2. The van der Waals surface area contributed by atoms with Gasteiger partial charge in [-0.05, 0) is 168 Å². The summed E-state index contributed by atoms with van der Waals surface area (Å²) in [5.74, 6) is 2.08. The minimum Gasteiger partial charge on any atom is -0.486 e. The molecule has 9 rings (SSSR count). The van der Waals surface area contributed by atoms with Crippen molar-refractivity contribution in [3.63, 3.8) is 0 Å². The van der Waals surface area contributed by atoms with Crippen molar-refractivity contribution in [3.8, 4) is 17.2 Å². The molecule has 408 valence electrons. The van der Waals surface area contributed by atoms with Crippen LogP contribution in [0.3, 0.4) is 0 Å². The summed E-state index contributed by atoms with van der Waals surface area (Å²) in [4.78, 5) is 52.8. The van der Waals surface area contributed by atoms with Crippen molar-refractivity contribution in [2.45, 2.75) is 143 Å². The lowest BCUT2D eigenvalue weighted by Gasteiger charge is -2.33. The third kappa shape index (κ3) is 18.2. The van der Waals surface area contributed by atoms with E-state index in [2.05, 4.69) is 39.4 Å². The molecule has 4 heterocycles. The van der Waals surface area contributed by atoms with Crippen LogP contribution in [0.1, 0.15) is 151 Å². The third-order valence-electron chi connectivity index (χ3n) is 13.7. The van der Waals surface area contributed by atoms with Crippen LogP contribution in [0.5, 0.6) is 17.2 Å². The van der Waals surface area contributed by atoms with Gasteiger partial charge in [0.05, 0.1) is 37.2 Å². The fraction of sp³-hybridized carbons (Fsp3) is 0.400. The Labute approximate surface area is 477 Å². The standard InChI is InChI=1S/C21H25ClN2O2.C20H23ClN2O2.C19H19Cl3N2O2/c1-14-6-9-16(10-7-14)24-21(25)19-5-3-4-17(23-19)13-26-20-11-8-15(2)12-18(20)22;1-14-10-11-19(17(21)12-14)25-13-16-8-5-9-18(22-16)20(24)23-15-6-3-2-4-7-15;1-12-5-2-3-8-24(12)19(25)17-7-4-6-14(23-17)11-26-18-15(21)9-13(20)10-16(18)22/h3-5,8,11-12,14,16H,6-7,9-10,13H2,1-2H3,(H,24,25);5,8-12,15H,2-4,6-7,13H2,1H3,(H,23,24);4,6-7,9-10,12H,2-3,5,8,11H2,1H3. The number of hydrogen-bond acceptors (Lipinski definition) is 9. The number of nitrogens with one attached hydrogen (secondary N) is 2. The summed E-state index contributed by atoms with van der Waals surface area (Å²) in [5.41, 5.74) is 5.48. The van der Waals surface area contributed by atoms with E-state index in [4.69, 9.17) is 72.2 Å². The highest BCUT2D eigenvalue weighted by Gasteiger charge is 2.26. The van der Waals surface area contributed by atoms with Gasteiger partial charge in [-0.1, -0.05) is 115 Å². The van der Waals surface area contributed by atoms with Crippen LogP contribution in [0.15, 0.2) is 103 Å². The van der Waals surface area contributed by atoms with Crippen molar-refractivity contribution in [1.82, 2.24) is 30.5 Å². The zero-order chi connectivity index (χ0) is 54.8. The highest BCUT2D eigenvalue weighted by Crippen LogP contribution is 2.36. The summed E-state index contributed by atoms with van der Waals surface area (Å²) in [5, 5.41) is 8.45. The molecule has 6 aromatic rings. The van der Waals surface area contributed by atoms with Crippen molar-refractivity contribution in [2.75, 3.05) is 6.54 Å². The summed E-state index contributed by atoms with van der Waals surface area (Å²) >= 11 is 30.5. The van der Waals surface area contributed by atoms with Crippen LogP contribution in [-0.2, 0) is 19.8 Å². The molecule has 77 heavy (non-hydrogen) atoms. The molecule has 2 saturated carbocycles. The number of ether oxygens (including phenoxy) is 3. The topological polar surface area (TPSA) is 145 Å². The van der Waals surface area contributed by atoms with Crippen LogP contribution in [-0.4, -0.2) is 62.2 Å². The van der Waals surface area contributed by atoms with E-state index in [9.17, 15) is 14.4 Å². The van der Waals surface area contributed by atoms with Gasteiger partial charge in [-0.15, -0.1) is 0 Å². The van der Waals surface area contributed by atoms with E-state index in [1.165, 1.54) is 32.1 Å². The van der Waals surface area contributed by atoms with Gasteiger partial charge in [-0.3, -0.25) is 14.4 Å². The fourth-order valence-electron chi connectivity index (χ4n) is 9.33. The number of aryl methyl sites for hydroxylation is 2. The second-order valence-electron chi connectivity index (χ2n) is 20.1. The Morgan fingerprint density at radius 3 is 1.47 bits per heavy atom.